The number of anilines is 1. The highest BCUT2D eigenvalue weighted by Crippen LogP contribution is 2.14. The molecule has 0 spiro atoms. The molecule has 0 bridgehead atoms. The van der Waals surface area contributed by atoms with Crippen molar-refractivity contribution in [2.24, 2.45) is 5.73 Å². The topological polar surface area (TPSA) is 91.9 Å². The first-order valence-electron chi connectivity index (χ1n) is 5.90. The number of benzene rings is 1. The minimum Gasteiger partial charge on any atom is -0.365 e. The van der Waals surface area contributed by atoms with Crippen LogP contribution in [-0.4, -0.2) is 16.6 Å². The van der Waals surface area contributed by atoms with Gasteiger partial charge in [-0.2, -0.15) is 0 Å². The van der Waals surface area contributed by atoms with E-state index in [4.69, 9.17) is 11.1 Å². The maximum absolute atomic E-state index is 13.5. The number of carbonyl (C=O) groups is 1. The lowest BCUT2D eigenvalue weighted by molar-refractivity contribution is -0.112. The Balaban J connectivity index is 2.20. The highest BCUT2D eigenvalue weighted by Gasteiger charge is 2.13. The molecule has 4 N–H and O–H groups in total. The van der Waals surface area contributed by atoms with E-state index in [0.29, 0.717) is 11.4 Å². The third kappa shape index (κ3) is 2.97. The molecule has 0 radical (unpaired) electrons. The van der Waals surface area contributed by atoms with Gasteiger partial charge >= 0.3 is 0 Å². The van der Waals surface area contributed by atoms with Crippen LogP contribution in [0.2, 0.25) is 0 Å². The Kier molecular flexibility index (Phi) is 4.05. The molecular weight excluding hydrogens is 259 g/mol. The zero-order valence-electron chi connectivity index (χ0n) is 10.6. The largest absolute Gasteiger partial charge is 0.365 e. The number of rotatable bonds is 5. The lowest BCUT2D eigenvalue weighted by Crippen LogP contribution is -2.24. The Morgan fingerprint density at radius 1 is 1.30 bits per heavy atom. The molecule has 0 fully saturated rings. The molecule has 0 saturated carbocycles. The average Bonchev–Trinajstić information content (AvgIpc) is 2.46. The number of halogens is 1. The highest BCUT2D eigenvalue weighted by molar-refractivity contribution is 6.44. The van der Waals surface area contributed by atoms with Gasteiger partial charge in [0.05, 0.1) is 0 Å². The molecule has 1 amide bonds. The quantitative estimate of drug-likeness (QED) is 0.723. The van der Waals surface area contributed by atoms with E-state index in [1.807, 2.05) is 0 Å². The van der Waals surface area contributed by atoms with Crippen LogP contribution in [0.5, 0.6) is 0 Å². The molecule has 0 aliphatic rings. The number of pyridine rings is 1. The lowest BCUT2D eigenvalue weighted by Gasteiger charge is -2.10. The van der Waals surface area contributed by atoms with Crippen LogP contribution >= 0.6 is 0 Å². The highest BCUT2D eigenvalue weighted by atomic mass is 19.1. The number of nitrogens with zero attached hydrogens (tertiary/aromatic N) is 1. The molecule has 20 heavy (non-hydrogen) atoms. The van der Waals surface area contributed by atoms with Gasteiger partial charge in [-0.05, 0) is 18.2 Å². The molecule has 102 valence electrons. The van der Waals surface area contributed by atoms with E-state index in [2.05, 4.69) is 10.3 Å². The summed E-state index contributed by atoms with van der Waals surface area (Å²) in [6.45, 7) is 0.197. The summed E-state index contributed by atoms with van der Waals surface area (Å²) >= 11 is 0. The average molecular weight is 272 g/mol. The molecule has 5 nitrogen and oxygen atoms in total. The van der Waals surface area contributed by atoms with E-state index in [9.17, 15) is 9.18 Å². The summed E-state index contributed by atoms with van der Waals surface area (Å²) in [5.74, 6) is -0.853. The molecule has 1 aromatic heterocycles. The molecule has 1 heterocycles. The molecule has 2 rings (SSSR count). The molecule has 1 aromatic carbocycles. The van der Waals surface area contributed by atoms with Crippen molar-refractivity contribution in [3.63, 3.8) is 0 Å². The smallest absolute Gasteiger partial charge is 0.267 e. The number of nitrogens with two attached hydrogens (primary N) is 1. The fourth-order valence-corrected chi connectivity index (χ4v) is 1.70. The Bertz CT molecular complexity index is 657. The zero-order valence-corrected chi connectivity index (χ0v) is 10.6. The Labute approximate surface area is 115 Å². The standard InChI is InChI=1S/C14H13FN4O/c15-11-6-2-1-4-9(11)8-19-14-10(5-3-7-18-14)12(16)13(17)20/h1-7,16H,8H2,(H2,17,20)(H,18,19). The van der Waals surface area contributed by atoms with Gasteiger partial charge in [0.15, 0.2) is 0 Å². The minimum atomic E-state index is -0.841. The second-order valence-electron chi connectivity index (χ2n) is 4.08. The second kappa shape index (κ2) is 5.92. The van der Waals surface area contributed by atoms with Crippen LogP contribution in [-0.2, 0) is 11.3 Å². The predicted octanol–water partition coefficient (Wildman–Crippen LogP) is 1.69. The van der Waals surface area contributed by atoms with Crippen LogP contribution in [0.4, 0.5) is 10.2 Å². The zero-order chi connectivity index (χ0) is 14.5. The summed E-state index contributed by atoms with van der Waals surface area (Å²) in [6.07, 6.45) is 1.52. The van der Waals surface area contributed by atoms with Gasteiger partial charge in [-0.3, -0.25) is 10.2 Å². The van der Waals surface area contributed by atoms with Crippen molar-refractivity contribution in [1.29, 1.82) is 5.41 Å². The predicted molar refractivity (Wildman–Crippen MR) is 74.0 cm³/mol. The summed E-state index contributed by atoms with van der Waals surface area (Å²) < 4.78 is 13.5. The van der Waals surface area contributed by atoms with Gasteiger partial charge in [0.1, 0.15) is 17.3 Å². The summed E-state index contributed by atoms with van der Waals surface area (Å²) in [5, 5.41) is 10.5. The van der Waals surface area contributed by atoms with E-state index in [1.54, 1.807) is 30.3 Å². The van der Waals surface area contributed by atoms with Gasteiger partial charge in [-0.15, -0.1) is 0 Å². The summed E-state index contributed by atoms with van der Waals surface area (Å²) in [5.41, 5.74) is 5.51. The first-order chi connectivity index (χ1) is 9.59. The maximum atomic E-state index is 13.5. The van der Waals surface area contributed by atoms with Crippen LogP contribution in [0.15, 0.2) is 42.6 Å². The molecular formula is C14H13FN4O. The van der Waals surface area contributed by atoms with Crippen molar-refractivity contribution in [2.75, 3.05) is 5.32 Å². The van der Waals surface area contributed by atoms with Gasteiger partial charge in [0.25, 0.3) is 5.91 Å². The van der Waals surface area contributed by atoms with Crippen molar-refractivity contribution in [1.82, 2.24) is 4.98 Å². The van der Waals surface area contributed by atoms with Crippen molar-refractivity contribution < 1.29 is 9.18 Å². The minimum absolute atomic E-state index is 0.197. The number of primary amides is 1. The van der Waals surface area contributed by atoms with Crippen LogP contribution in [0.1, 0.15) is 11.1 Å². The van der Waals surface area contributed by atoms with E-state index in [1.165, 1.54) is 12.3 Å². The van der Waals surface area contributed by atoms with Gasteiger partial charge in [-0.25, -0.2) is 9.37 Å². The fourth-order valence-electron chi connectivity index (χ4n) is 1.70. The molecule has 0 atom stereocenters. The molecule has 0 unspecified atom stereocenters. The van der Waals surface area contributed by atoms with E-state index < -0.39 is 5.91 Å². The van der Waals surface area contributed by atoms with Crippen molar-refractivity contribution in [2.45, 2.75) is 6.54 Å². The molecule has 2 aromatic rings. The first kappa shape index (κ1) is 13.7. The summed E-state index contributed by atoms with van der Waals surface area (Å²) in [6, 6.07) is 9.50. The monoisotopic (exact) mass is 272 g/mol. The first-order valence-corrected chi connectivity index (χ1v) is 5.90. The Morgan fingerprint density at radius 3 is 2.75 bits per heavy atom. The summed E-state index contributed by atoms with van der Waals surface area (Å²) in [4.78, 5) is 15.1. The van der Waals surface area contributed by atoms with Crippen LogP contribution in [0.25, 0.3) is 0 Å². The molecule has 0 saturated heterocycles. The van der Waals surface area contributed by atoms with Crippen molar-refractivity contribution in [3.8, 4) is 0 Å². The Morgan fingerprint density at radius 2 is 2.05 bits per heavy atom. The number of hydrogen-bond acceptors (Lipinski definition) is 4. The SMILES string of the molecule is N=C(C(N)=O)c1cccnc1NCc1ccccc1F. The number of aromatic nitrogens is 1. The van der Waals surface area contributed by atoms with Gasteiger partial charge in [0.2, 0.25) is 0 Å². The fraction of sp³-hybridized carbons (Fsp3) is 0.0714. The van der Waals surface area contributed by atoms with Crippen LogP contribution < -0.4 is 11.1 Å². The number of amides is 1. The molecule has 0 aliphatic heterocycles. The summed E-state index contributed by atoms with van der Waals surface area (Å²) in [7, 11) is 0. The second-order valence-corrected chi connectivity index (χ2v) is 4.08. The van der Waals surface area contributed by atoms with E-state index in [0.717, 1.165) is 0 Å². The van der Waals surface area contributed by atoms with Crippen molar-refractivity contribution in [3.05, 3.63) is 59.5 Å². The van der Waals surface area contributed by atoms with Crippen LogP contribution in [0.3, 0.4) is 0 Å². The lowest BCUT2D eigenvalue weighted by atomic mass is 10.1. The molecule has 0 aliphatic carbocycles. The Hall–Kier alpha value is -2.76. The van der Waals surface area contributed by atoms with Gasteiger partial charge in [0, 0.05) is 23.9 Å². The van der Waals surface area contributed by atoms with E-state index in [-0.39, 0.29) is 23.6 Å². The maximum Gasteiger partial charge on any atom is 0.267 e. The number of carbonyl (C=O) groups excluding carboxylic acids is 1. The number of nitrogens with one attached hydrogen (secondary N) is 2. The van der Waals surface area contributed by atoms with Gasteiger partial charge in [-0.1, -0.05) is 18.2 Å². The normalized spacial score (nSPS) is 10.1. The molecule has 6 heteroatoms. The third-order valence-electron chi connectivity index (χ3n) is 2.73. The van der Waals surface area contributed by atoms with Crippen molar-refractivity contribution >= 4 is 17.4 Å². The third-order valence-corrected chi connectivity index (χ3v) is 2.73. The van der Waals surface area contributed by atoms with Crippen LogP contribution in [0, 0.1) is 11.2 Å². The van der Waals surface area contributed by atoms with Gasteiger partial charge < -0.3 is 11.1 Å². The number of hydrogen-bond donors (Lipinski definition) is 3. The van der Waals surface area contributed by atoms with E-state index >= 15 is 0 Å².